The molecule has 1 aromatic rings. The van der Waals surface area contributed by atoms with E-state index in [1.165, 1.54) is 0 Å². The molecule has 1 saturated heterocycles. The van der Waals surface area contributed by atoms with Crippen LogP contribution in [0.5, 0.6) is 5.75 Å². The Balaban J connectivity index is 1.76. The molecule has 110 valence electrons. The van der Waals surface area contributed by atoms with E-state index in [4.69, 9.17) is 9.47 Å². The van der Waals surface area contributed by atoms with Crippen LogP contribution in [-0.4, -0.2) is 39.3 Å². The van der Waals surface area contributed by atoms with Crippen LogP contribution >= 0.6 is 0 Å². The van der Waals surface area contributed by atoms with Crippen molar-refractivity contribution in [3.8, 4) is 5.75 Å². The molecule has 2 rings (SSSR count). The van der Waals surface area contributed by atoms with Crippen LogP contribution in [0.4, 0.5) is 5.69 Å². The van der Waals surface area contributed by atoms with Gasteiger partial charge in [0, 0.05) is 19.2 Å². The lowest BCUT2D eigenvalue weighted by molar-refractivity contribution is -0.116. The minimum atomic E-state index is 0.0757. The van der Waals surface area contributed by atoms with Gasteiger partial charge < -0.3 is 20.1 Å². The fourth-order valence-corrected chi connectivity index (χ4v) is 2.24. The van der Waals surface area contributed by atoms with Gasteiger partial charge in [-0.15, -0.1) is 0 Å². The average molecular weight is 278 g/mol. The Bertz CT molecular complexity index is 414. The molecule has 1 aromatic carbocycles. The van der Waals surface area contributed by atoms with Crippen LogP contribution in [0, 0.1) is 5.92 Å². The zero-order chi connectivity index (χ0) is 14.2. The Morgan fingerprint density at radius 2 is 2.15 bits per heavy atom. The number of carbonyl (C=O) groups is 1. The van der Waals surface area contributed by atoms with E-state index in [9.17, 15) is 4.79 Å². The summed E-state index contributed by atoms with van der Waals surface area (Å²) in [4.78, 5) is 11.9. The third-order valence-corrected chi connectivity index (χ3v) is 3.33. The molecule has 1 heterocycles. The molecule has 0 saturated carbocycles. The van der Waals surface area contributed by atoms with E-state index in [1.54, 1.807) is 7.11 Å². The number of methoxy groups -OCH3 is 1. The van der Waals surface area contributed by atoms with E-state index >= 15 is 0 Å². The number of rotatable bonds is 7. The van der Waals surface area contributed by atoms with Crippen LogP contribution in [0.3, 0.4) is 0 Å². The zero-order valence-electron chi connectivity index (χ0n) is 11.9. The van der Waals surface area contributed by atoms with Crippen molar-refractivity contribution in [2.45, 2.75) is 12.8 Å². The summed E-state index contributed by atoms with van der Waals surface area (Å²) in [6.07, 6.45) is 1.67. The molecular formula is C15H22N2O3. The van der Waals surface area contributed by atoms with Crippen molar-refractivity contribution in [2.75, 3.05) is 38.7 Å². The highest BCUT2D eigenvalue weighted by Crippen LogP contribution is 2.17. The van der Waals surface area contributed by atoms with Crippen LogP contribution in [-0.2, 0) is 9.53 Å². The monoisotopic (exact) mass is 278 g/mol. The summed E-state index contributed by atoms with van der Waals surface area (Å²) in [5.74, 6) is 1.32. The number of carbonyl (C=O) groups excluding carboxylic acids is 1. The Labute approximate surface area is 119 Å². The molecule has 0 aliphatic carbocycles. The van der Waals surface area contributed by atoms with E-state index < -0.39 is 0 Å². The van der Waals surface area contributed by atoms with Gasteiger partial charge in [0.05, 0.1) is 6.61 Å². The normalized spacial score (nSPS) is 17.9. The molecule has 0 radical (unpaired) electrons. The highest BCUT2D eigenvalue weighted by Gasteiger charge is 2.17. The predicted octanol–water partition coefficient (Wildman–Crippen LogP) is 1.65. The largest absolute Gasteiger partial charge is 0.491 e. The van der Waals surface area contributed by atoms with E-state index in [0.29, 0.717) is 25.6 Å². The summed E-state index contributed by atoms with van der Waals surface area (Å²) in [7, 11) is 1.64. The number of hydrogen-bond donors (Lipinski definition) is 2. The SMILES string of the molecule is COCCOc1ccc(NC(=O)CC2CCNC2)cc1. The van der Waals surface area contributed by atoms with Gasteiger partial charge in [0.15, 0.2) is 0 Å². The minimum Gasteiger partial charge on any atom is -0.491 e. The van der Waals surface area contributed by atoms with E-state index in [1.807, 2.05) is 24.3 Å². The predicted molar refractivity (Wildman–Crippen MR) is 78.0 cm³/mol. The molecule has 0 bridgehead atoms. The maximum absolute atomic E-state index is 11.9. The van der Waals surface area contributed by atoms with Crippen molar-refractivity contribution in [3.05, 3.63) is 24.3 Å². The molecule has 1 amide bonds. The average Bonchev–Trinajstić information content (AvgIpc) is 2.94. The second kappa shape index (κ2) is 7.87. The van der Waals surface area contributed by atoms with Gasteiger partial charge in [0.2, 0.25) is 5.91 Å². The van der Waals surface area contributed by atoms with E-state index in [-0.39, 0.29) is 5.91 Å². The molecule has 1 aliphatic heterocycles. The fourth-order valence-electron chi connectivity index (χ4n) is 2.24. The van der Waals surface area contributed by atoms with Gasteiger partial charge in [-0.1, -0.05) is 0 Å². The molecule has 5 heteroatoms. The first-order valence-corrected chi connectivity index (χ1v) is 7.00. The number of benzene rings is 1. The number of anilines is 1. The topological polar surface area (TPSA) is 59.6 Å². The summed E-state index contributed by atoms with van der Waals surface area (Å²) in [5, 5.41) is 6.18. The molecule has 5 nitrogen and oxygen atoms in total. The Hall–Kier alpha value is -1.59. The van der Waals surface area contributed by atoms with Crippen molar-refractivity contribution in [1.82, 2.24) is 5.32 Å². The summed E-state index contributed by atoms with van der Waals surface area (Å²) >= 11 is 0. The lowest BCUT2D eigenvalue weighted by atomic mass is 10.0. The van der Waals surface area contributed by atoms with E-state index in [0.717, 1.165) is 30.9 Å². The van der Waals surface area contributed by atoms with Gasteiger partial charge in [-0.05, 0) is 49.7 Å². The fraction of sp³-hybridized carbons (Fsp3) is 0.533. The lowest BCUT2D eigenvalue weighted by Gasteiger charge is -2.10. The Morgan fingerprint density at radius 3 is 2.80 bits per heavy atom. The smallest absolute Gasteiger partial charge is 0.224 e. The standard InChI is InChI=1S/C15H22N2O3/c1-19-8-9-20-14-4-2-13(3-5-14)17-15(18)10-12-6-7-16-11-12/h2-5,12,16H,6-11H2,1H3,(H,17,18). The molecular weight excluding hydrogens is 256 g/mol. The summed E-state index contributed by atoms with van der Waals surface area (Å²) in [5.41, 5.74) is 0.806. The molecule has 2 N–H and O–H groups in total. The number of amides is 1. The number of hydrogen-bond acceptors (Lipinski definition) is 4. The molecule has 1 fully saturated rings. The molecule has 1 aliphatic rings. The van der Waals surface area contributed by atoms with Gasteiger partial charge in [-0.2, -0.15) is 0 Å². The van der Waals surface area contributed by atoms with Crippen molar-refractivity contribution < 1.29 is 14.3 Å². The first-order valence-electron chi connectivity index (χ1n) is 7.00. The van der Waals surface area contributed by atoms with Crippen LogP contribution in [0.25, 0.3) is 0 Å². The van der Waals surface area contributed by atoms with Crippen LogP contribution in [0.15, 0.2) is 24.3 Å². The maximum atomic E-state index is 11.9. The molecule has 1 unspecified atom stereocenters. The molecule has 0 spiro atoms. The van der Waals surface area contributed by atoms with E-state index in [2.05, 4.69) is 10.6 Å². The zero-order valence-corrected chi connectivity index (χ0v) is 11.9. The minimum absolute atomic E-state index is 0.0757. The van der Waals surface area contributed by atoms with Gasteiger partial charge in [-0.3, -0.25) is 4.79 Å². The Kier molecular flexibility index (Phi) is 5.83. The summed E-state index contributed by atoms with van der Waals surface area (Å²) in [6, 6.07) is 7.41. The van der Waals surface area contributed by atoms with Crippen LogP contribution < -0.4 is 15.4 Å². The van der Waals surface area contributed by atoms with Crippen molar-refractivity contribution in [3.63, 3.8) is 0 Å². The first kappa shape index (κ1) is 14.8. The number of ether oxygens (including phenoxy) is 2. The van der Waals surface area contributed by atoms with Gasteiger partial charge >= 0.3 is 0 Å². The maximum Gasteiger partial charge on any atom is 0.224 e. The van der Waals surface area contributed by atoms with Gasteiger partial charge in [0.1, 0.15) is 12.4 Å². The first-order chi connectivity index (χ1) is 9.78. The summed E-state index contributed by atoms with van der Waals surface area (Å²) in [6.45, 7) is 3.05. The van der Waals surface area contributed by atoms with Crippen molar-refractivity contribution in [1.29, 1.82) is 0 Å². The van der Waals surface area contributed by atoms with Crippen molar-refractivity contribution in [2.24, 2.45) is 5.92 Å². The highest BCUT2D eigenvalue weighted by molar-refractivity contribution is 5.90. The quantitative estimate of drug-likeness (QED) is 0.745. The Morgan fingerprint density at radius 1 is 1.35 bits per heavy atom. The third kappa shape index (κ3) is 4.83. The lowest BCUT2D eigenvalue weighted by Crippen LogP contribution is -2.18. The van der Waals surface area contributed by atoms with Crippen LogP contribution in [0.2, 0.25) is 0 Å². The van der Waals surface area contributed by atoms with Crippen molar-refractivity contribution >= 4 is 11.6 Å². The second-order valence-electron chi connectivity index (χ2n) is 4.98. The van der Waals surface area contributed by atoms with Gasteiger partial charge in [0.25, 0.3) is 0 Å². The molecule has 1 atom stereocenters. The summed E-state index contributed by atoms with van der Waals surface area (Å²) < 4.78 is 10.4. The highest BCUT2D eigenvalue weighted by atomic mass is 16.5. The molecule has 20 heavy (non-hydrogen) atoms. The van der Waals surface area contributed by atoms with Crippen LogP contribution in [0.1, 0.15) is 12.8 Å². The third-order valence-electron chi connectivity index (χ3n) is 3.33. The molecule has 0 aromatic heterocycles. The van der Waals surface area contributed by atoms with Gasteiger partial charge in [-0.25, -0.2) is 0 Å². The number of nitrogens with one attached hydrogen (secondary N) is 2. The second-order valence-corrected chi connectivity index (χ2v) is 4.98.